The average Bonchev–Trinajstić information content (AvgIpc) is 3.79. The molecular weight excluding hydrogens is 673 g/mol. The lowest BCUT2D eigenvalue weighted by Gasteiger charge is -2.30. The molecule has 2 aromatic carbocycles. The van der Waals surface area contributed by atoms with Crippen LogP contribution in [0.2, 0.25) is 0 Å². The molecule has 0 aliphatic carbocycles. The first kappa shape index (κ1) is 38.2. The third kappa shape index (κ3) is 12.1. The second-order valence-corrected chi connectivity index (χ2v) is 14.5. The largest absolute Gasteiger partial charge is 0.444 e. The Morgan fingerprint density at radius 2 is 1.62 bits per heavy atom. The maximum Gasteiger partial charge on any atom is 0.407 e. The van der Waals surface area contributed by atoms with Crippen molar-refractivity contribution >= 4 is 40.7 Å². The van der Waals surface area contributed by atoms with E-state index < -0.39 is 42.3 Å². The summed E-state index contributed by atoms with van der Waals surface area (Å²) < 4.78 is 5.42. The number of amides is 4. The minimum absolute atomic E-state index is 0.0588. The van der Waals surface area contributed by atoms with Crippen molar-refractivity contribution in [3.8, 4) is 0 Å². The molecule has 0 fully saturated rings. The van der Waals surface area contributed by atoms with E-state index in [0.29, 0.717) is 24.3 Å². The Morgan fingerprint density at radius 3 is 2.20 bits per heavy atom. The third-order valence-corrected chi connectivity index (χ3v) is 9.87. The molecular formula is C37H46N6O5S2. The Kier molecular flexibility index (Phi) is 14.5. The second kappa shape index (κ2) is 19.0. The van der Waals surface area contributed by atoms with Crippen LogP contribution in [0.25, 0.3) is 0 Å². The van der Waals surface area contributed by atoms with Crippen LogP contribution in [0, 0.1) is 0 Å². The monoisotopic (exact) mass is 718 g/mol. The fourth-order valence-corrected chi connectivity index (χ4v) is 6.58. The molecule has 4 aromatic rings. The predicted octanol–water partition coefficient (Wildman–Crippen LogP) is 5.83. The van der Waals surface area contributed by atoms with Gasteiger partial charge < -0.3 is 30.7 Å². The van der Waals surface area contributed by atoms with Gasteiger partial charge in [0.1, 0.15) is 12.6 Å². The van der Waals surface area contributed by atoms with Gasteiger partial charge in [-0.1, -0.05) is 81.1 Å². The van der Waals surface area contributed by atoms with Gasteiger partial charge in [-0.3, -0.25) is 9.78 Å². The molecule has 50 heavy (non-hydrogen) atoms. The molecule has 4 rings (SSSR count). The van der Waals surface area contributed by atoms with Crippen LogP contribution in [0.5, 0.6) is 0 Å². The van der Waals surface area contributed by atoms with Crippen molar-refractivity contribution in [1.29, 1.82) is 0 Å². The first-order valence-corrected chi connectivity index (χ1v) is 18.2. The highest BCUT2D eigenvalue weighted by Crippen LogP contribution is 2.20. The van der Waals surface area contributed by atoms with Crippen LogP contribution in [-0.4, -0.2) is 69.3 Å². The number of aliphatic hydroxyl groups is 1. The topological polar surface area (TPSA) is 146 Å². The van der Waals surface area contributed by atoms with Gasteiger partial charge in [-0.25, -0.2) is 14.6 Å². The van der Waals surface area contributed by atoms with E-state index in [1.165, 1.54) is 16.2 Å². The number of aromatic nitrogens is 2. The Labute approximate surface area is 301 Å². The normalized spacial score (nSPS) is 13.5. The highest BCUT2D eigenvalue weighted by atomic mass is 32.1. The standard InChI is InChI=1S/C37H46N6O5S2/c1-24(2)33(42-36(46)43(5)20-29-22-49-35(40-29)25(3)4)34(45)39-28(16-26-12-8-6-9-13-26)18-32(44)31(17-27-14-10-7-11-15-27)41-37(47)48-21-30-19-38-23-50-30/h6-15,19,22-23,25,28,31-33,44H,1,16-18,20-21H2,2-5H3,(H,39,45)(H,41,47)(H,42,46)/t28-,31-,32-,33-/m0/s1. The lowest BCUT2D eigenvalue weighted by Crippen LogP contribution is -2.54. The van der Waals surface area contributed by atoms with E-state index in [1.54, 1.807) is 37.0 Å². The minimum Gasteiger partial charge on any atom is -0.444 e. The number of ether oxygens (including phenoxy) is 1. The molecule has 4 atom stereocenters. The molecule has 0 unspecified atom stereocenters. The zero-order chi connectivity index (χ0) is 36.0. The summed E-state index contributed by atoms with van der Waals surface area (Å²) in [7, 11) is 1.65. The van der Waals surface area contributed by atoms with Gasteiger partial charge in [0.05, 0.1) is 39.8 Å². The number of nitrogens with zero attached hydrogens (tertiary/aromatic N) is 3. The van der Waals surface area contributed by atoms with Gasteiger partial charge in [-0.2, -0.15) is 0 Å². The number of aliphatic hydroxyl groups excluding tert-OH is 1. The number of carbonyl (C=O) groups is 3. The van der Waals surface area contributed by atoms with Crippen LogP contribution in [0.4, 0.5) is 9.59 Å². The number of rotatable bonds is 17. The summed E-state index contributed by atoms with van der Waals surface area (Å²) in [5.41, 5.74) is 4.74. The molecule has 11 nitrogen and oxygen atoms in total. The van der Waals surface area contributed by atoms with Crippen molar-refractivity contribution in [2.24, 2.45) is 0 Å². The molecule has 0 saturated heterocycles. The molecule has 0 saturated carbocycles. The van der Waals surface area contributed by atoms with Gasteiger partial charge in [0, 0.05) is 30.6 Å². The van der Waals surface area contributed by atoms with Crippen molar-refractivity contribution in [1.82, 2.24) is 30.8 Å². The highest BCUT2D eigenvalue weighted by Gasteiger charge is 2.30. The Balaban J connectivity index is 1.47. The molecule has 2 heterocycles. The third-order valence-electron chi connectivity index (χ3n) is 7.92. The Bertz CT molecular complexity index is 1670. The van der Waals surface area contributed by atoms with Gasteiger partial charge in [0.2, 0.25) is 5.91 Å². The maximum absolute atomic E-state index is 13.8. The summed E-state index contributed by atoms with van der Waals surface area (Å²) >= 11 is 2.93. The first-order valence-electron chi connectivity index (χ1n) is 16.5. The molecule has 0 bridgehead atoms. The van der Waals surface area contributed by atoms with Gasteiger partial charge in [-0.15, -0.1) is 22.7 Å². The quantitative estimate of drug-likeness (QED) is 0.101. The van der Waals surface area contributed by atoms with E-state index in [2.05, 4.69) is 46.3 Å². The fourth-order valence-electron chi connectivity index (χ4n) is 5.25. The van der Waals surface area contributed by atoms with E-state index in [1.807, 2.05) is 66.0 Å². The number of urea groups is 1. The fraction of sp³-hybridized carbons (Fsp3) is 0.378. The number of benzene rings is 2. The van der Waals surface area contributed by atoms with Crippen molar-refractivity contribution in [3.63, 3.8) is 0 Å². The molecule has 13 heteroatoms. The van der Waals surface area contributed by atoms with Crippen molar-refractivity contribution in [2.45, 2.75) is 83.3 Å². The summed E-state index contributed by atoms with van der Waals surface area (Å²) in [6.07, 6.45) is 0.723. The summed E-state index contributed by atoms with van der Waals surface area (Å²) in [5.74, 6) is -0.168. The Morgan fingerprint density at radius 1 is 0.960 bits per heavy atom. The second-order valence-electron chi connectivity index (χ2n) is 12.6. The first-order chi connectivity index (χ1) is 24.0. The number of thiazole rings is 2. The van der Waals surface area contributed by atoms with Crippen molar-refractivity contribution < 1.29 is 24.2 Å². The SMILES string of the molecule is C=C(C)[C@H](NC(=O)N(C)Cc1csc(C(C)C)n1)C(=O)N[C@@H](Cc1ccccc1)C[C@H](O)[C@H](Cc1ccccc1)NC(=O)OCc1cncs1. The van der Waals surface area contributed by atoms with E-state index in [4.69, 9.17) is 4.74 Å². The summed E-state index contributed by atoms with van der Waals surface area (Å²) in [6, 6.07) is 16.4. The number of alkyl carbamates (subject to hydrolysis) is 1. The smallest absolute Gasteiger partial charge is 0.407 e. The van der Waals surface area contributed by atoms with Gasteiger partial charge in [-0.05, 0) is 42.9 Å². The van der Waals surface area contributed by atoms with Crippen LogP contribution in [0.15, 0.2) is 89.9 Å². The van der Waals surface area contributed by atoms with Crippen LogP contribution in [0.1, 0.15) is 59.8 Å². The van der Waals surface area contributed by atoms with E-state index in [0.717, 1.165) is 26.7 Å². The van der Waals surface area contributed by atoms with E-state index in [9.17, 15) is 19.5 Å². The zero-order valence-corrected chi connectivity index (χ0v) is 30.5. The van der Waals surface area contributed by atoms with Crippen LogP contribution in [-0.2, 0) is 35.5 Å². The molecule has 0 aliphatic rings. The van der Waals surface area contributed by atoms with Crippen LogP contribution >= 0.6 is 22.7 Å². The average molecular weight is 719 g/mol. The molecule has 0 radical (unpaired) electrons. The predicted molar refractivity (Wildman–Crippen MR) is 197 cm³/mol. The van der Waals surface area contributed by atoms with Crippen LogP contribution in [0.3, 0.4) is 0 Å². The number of nitrogens with one attached hydrogen (secondary N) is 3. The van der Waals surface area contributed by atoms with Gasteiger partial charge >= 0.3 is 12.1 Å². The molecule has 0 spiro atoms. The van der Waals surface area contributed by atoms with E-state index in [-0.39, 0.29) is 19.6 Å². The molecule has 2 aromatic heterocycles. The highest BCUT2D eigenvalue weighted by molar-refractivity contribution is 7.09. The van der Waals surface area contributed by atoms with Crippen molar-refractivity contribution in [3.05, 3.63) is 117 Å². The summed E-state index contributed by atoms with van der Waals surface area (Å²) in [4.78, 5) is 50.8. The number of hydrogen-bond donors (Lipinski definition) is 4. The summed E-state index contributed by atoms with van der Waals surface area (Å²) in [5, 5.41) is 23.3. The minimum atomic E-state index is -1.07. The number of carbonyl (C=O) groups excluding carboxylic acids is 3. The Hall–Kier alpha value is -4.59. The molecule has 0 aliphatic heterocycles. The number of hydrogen-bond acceptors (Lipinski definition) is 9. The van der Waals surface area contributed by atoms with E-state index >= 15 is 0 Å². The molecule has 4 amide bonds. The van der Waals surface area contributed by atoms with Gasteiger partial charge in [0.25, 0.3) is 0 Å². The lowest BCUT2D eigenvalue weighted by molar-refractivity contribution is -0.123. The van der Waals surface area contributed by atoms with Crippen LogP contribution < -0.4 is 16.0 Å². The summed E-state index contributed by atoms with van der Waals surface area (Å²) in [6.45, 7) is 10.1. The van der Waals surface area contributed by atoms with Crippen molar-refractivity contribution in [2.75, 3.05) is 7.05 Å². The lowest BCUT2D eigenvalue weighted by atomic mass is 9.93. The molecule has 266 valence electrons. The zero-order valence-electron chi connectivity index (χ0n) is 28.9. The van der Waals surface area contributed by atoms with Gasteiger partial charge in [0.15, 0.2) is 0 Å². The maximum atomic E-state index is 13.8. The molecule has 4 N–H and O–H groups in total.